The second kappa shape index (κ2) is 16.3. The molecule has 1 aliphatic rings. The van der Waals surface area contributed by atoms with Crippen molar-refractivity contribution in [2.24, 2.45) is 17.6 Å². The molecule has 0 spiro atoms. The zero-order chi connectivity index (χ0) is 27.3. The third-order valence-electron chi connectivity index (χ3n) is 5.15. The van der Waals surface area contributed by atoms with E-state index < -0.39 is 53.8 Å². The van der Waals surface area contributed by atoms with Crippen molar-refractivity contribution in [2.45, 2.75) is 71.7 Å². The van der Waals surface area contributed by atoms with Gasteiger partial charge in [0.25, 0.3) is 0 Å². The molecule has 202 valence electrons. The topological polar surface area (TPSA) is 157 Å². The lowest BCUT2D eigenvalue weighted by molar-refractivity contribution is -0.153. The van der Waals surface area contributed by atoms with E-state index in [2.05, 4.69) is 16.0 Å². The highest BCUT2D eigenvalue weighted by Crippen LogP contribution is 2.23. The first-order valence-electron chi connectivity index (χ1n) is 11.9. The summed E-state index contributed by atoms with van der Waals surface area (Å²) in [6, 6.07) is -2.67. The van der Waals surface area contributed by atoms with Gasteiger partial charge in [-0.25, -0.2) is 4.79 Å². The van der Waals surface area contributed by atoms with Crippen molar-refractivity contribution < 1.29 is 28.7 Å². The van der Waals surface area contributed by atoms with Crippen LogP contribution >= 0.6 is 21.6 Å². The van der Waals surface area contributed by atoms with Crippen molar-refractivity contribution in [1.82, 2.24) is 16.0 Å². The number of ether oxygens (including phenoxy) is 1. The van der Waals surface area contributed by atoms with Crippen LogP contribution in [0.3, 0.4) is 0 Å². The fourth-order valence-electron chi connectivity index (χ4n) is 3.17. The summed E-state index contributed by atoms with van der Waals surface area (Å²) in [7, 11) is 2.92. The zero-order valence-electron chi connectivity index (χ0n) is 21.4. The number of carbonyl (C=O) groups is 5. The van der Waals surface area contributed by atoms with Gasteiger partial charge in [0.1, 0.15) is 24.2 Å². The number of hydrogen-bond donors (Lipinski definition) is 4. The van der Waals surface area contributed by atoms with Crippen molar-refractivity contribution in [3.05, 3.63) is 24.3 Å². The molecule has 0 radical (unpaired) electrons. The minimum Gasteiger partial charge on any atom is -0.456 e. The van der Waals surface area contributed by atoms with Crippen LogP contribution in [-0.2, 0) is 28.7 Å². The Morgan fingerprint density at radius 2 is 1.86 bits per heavy atom. The van der Waals surface area contributed by atoms with Crippen molar-refractivity contribution in [3.8, 4) is 0 Å². The van der Waals surface area contributed by atoms with E-state index in [9.17, 15) is 24.0 Å². The van der Waals surface area contributed by atoms with Gasteiger partial charge in [-0.2, -0.15) is 0 Å². The van der Waals surface area contributed by atoms with E-state index in [1.807, 2.05) is 6.08 Å². The van der Waals surface area contributed by atoms with Crippen LogP contribution < -0.4 is 21.7 Å². The van der Waals surface area contributed by atoms with Crippen LogP contribution in [-0.4, -0.2) is 65.3 Å². The fourth-order valence-corrected chi connectivity index (χ4v) is 5.34. The Morgan fingerprint density at radius 3 is 2.44 bits per heavy atom. The van der Waals surface area contributed by atoms with E-state index in [-0.39, 0.29) is 18.3 Å². The van der Waals surface area contributed by atoms with Gasteiger partial charge in [-0.05, 0) is 37.3 Å². The molecular formula is C24H38N4O6S2. The van der Waals surface area contributed by atoms with E-state index in [0.717, 1.165) is 0 Å². The summed E-state index contributed by atoms with van der Waals surface area (Å²) in [4.78, 5) is 62.4. The maximum absolute atomic E-state index is 12.9. The first-order valence-corrected chi connectivity index (χ1v) is 14.4. The third kappa shape index (κ3) is 11.5. The smallest absolute Gasteiger partial charge is 0.329 e. The molecule has 36 heavy (non-hydrogen) atoms. The molecule has 4 atom stereocenters. The average molecular weight is 543 g/mol. The van der Waals surface area contributed by atoms with Gasteiger partial charge in [-0.3, -0.25) is 19.2 Å². The Hall–Kier alpha value is -2.47. The van der Waals surface area contributed by atoms with E-state index in [4.69, 9.17) is 10.5 Å². The van der Waals surface area contributed by atoms with E-state index in [0.29, 0.717) is 17.9 Å². The molecule has 0 saturated heterocycles. The van der Waals surface area contributed by atoms with Crippen LogP contribution in [0, 0.1) is 11.8 Å². The molecule has 1 rings (SSSR count). The Kier molecular flexibility index (Phi) is 14.3. The summed E-state index contributed by atoms with van der Waals surface area (Å²) in [5.74, 6) is -2.27. The summed E-state index contributed by atoms with van der Waals surface area (Å²) >= 11 is 0. The van der Waals surface area contributed by atoms with Gasteiger partial charge >= 0.3 is 5.97 Å². The Balaban J connectivity index is 3.08. The quantitative estimate of drug-likeness (QED) is 0.163. The van der Waals surface area contributed by atoms with Crippen molar-refractivity contribution in [1.29, 1.82) is 0 Å². The fraction of sp³-hybridized carbons (Fsp3) is 0.625. The summed E-state index contributed by atoms with van der Waals surface area (Å²) in [5, 5.41) is 7.94. The monoisotopic (exact) mass is 542 g/mol. The van der Waals surface area contributed by atoms with Crippen LogP contribution in [0.5, 0.6) is 0 Å². The van der Waals surface area contributed by atoms with Crippen molar-refractivity contribution in [3.63, 3.8) is 0 Å². The van der Waals surface area contributed by atoms with Gasteiger partial charge in [0.15, 0.2) is 0 Å². The molecule has 1 heterocycles. The summed E-state index contributed by atoms with van der Waals surface area (Å²) < 4.78 is 5.62. The van der Waals surface area contributed by atoms with Gasteiger partial charge < -0.3 is 26.4 Å². The Labute approximate surface area is 220 Å². The molecule has 2 unspecified atom stereocenters. The molecule has 0 aromatic heterocycles. The number of primary amides is 1. The van der Waals surface area contributed by atoms with Crippen molar-refractivity contribution >= 4 is 51.2 Å². The molecule has 0 bridgehead atoms. The molecule has 0 aromatic carbocycles. The molecule has 0 fully saturated rings. The molecule has 10 nitrogen and oxygen atoms in total. The number of amides is 4. The minimum atomic E-state index is -0.911. The van der Waals surface area contributed by atoms with Crippen LogP contribution in [0.2, 0.25) is 0 Å². The number of nitrogens with one attached hydrogen (secondary N) is 3. The normalized spacial score (nSPS) is 24.2. The maximum Gasteiger partial charge on any atom is 0.329 e. The number of esters is 1. The van der Waals surface area contributed by atoms with Crippen LogP contribution in [0.4, 0.5) is 0 Å². The van der Waals surface area contributed by atoms with Gasteiger partial charge in [0.05, 0.1) is 6.42 Å². The Morgan fingerprint density at radius 1 is 1.17 bits per heavy atom. The summed E-state index contributed by atoms with van der Waals surface area (Å²) in [5.41, 5.74) is 5.44. The first kappa shape index (κ1) is 31.6. The van der Waals surface area contributed by atoms with Crippen molar-refractivity contribution in [2.75, 3.05) is 11.5 Å². The lowest BCUT2D eigenvalue weighted by Crippen LogP contribution is -2.55. The van der Waals surface area contributed by atoms with Gasteiger partial charge in [-0.1, -0.05) is 61.4 Å². The minimum absolute atomic E-state index is 0.215. The lowest BCUT2D eigenvalue weighted by atomic mass is 10.0. The zero-order valence-corrected chi connectivity index (χ0v) is 23.1. The lowest BCUT2D eigenvalue weighted by Gasteiger charge is -2.25. The maximum atomic E-state index is 12.9. The summed E-state index contributed by atoms with van der Waals surface area (Å²) in [6.45, 7) is 8.78. The molecule has 0 saturated carbocycles. The predicted octanol–water partition coefficient (Wildman–Crippen LogP) is 1.46. The second-order valence-electron chi connectivity index (χ2n) is 8.99. The highest BCUT2D eigenvalue weighted by atomic mass is 33.1. The highest BCUT2D eigenvalue weighted by molar-refractivity contribution is 8.76. The molecule has 0 aliphatic carbocycles. The molecule has 0 aromatic rings. The standard InChI is InChI=1S/C24H38N4O6S2/c1-6-9-18(29)27-21(15(4)5)24(33)34-16-10-7-8-11-35-36-13-17(22(25)31)26-23(32)20(14(2)3)28-19(30)12-16/h6-7,9-10,14-17,20-21H,8,11-13H2,1-5H3,(H2,25,31)(H,26,32)(H,27,29)(H,28,30)/b9-6-,10-7-/t16-,17?,20+,21?/m1/s1. The number of allylic oxidation sites excluding steroid dienone is 2. The largest absolute Gasteiger partial charge is 0.456 e. The molecule has 1 aliphatic heterocycles. The number of hydrogen-bond acceptors (Lipinski definition) is 8. The van der Waals surface area contributed by atoms with Gasteiger partial charge in [0, 0.05) is 11.5 Å². The summed E-state index contributed by atoms with van der Waals surface area (Å²) in [6.07, 6.45) is 5.85. The molecule has 12 heteroatoms. The molecule has 4 amide bonds. The van der Waals surface area contributed by atoms with Gasteiger partial charge in [0.2, 0.25) is 23.6 Å². The third-order valence-corrected chi connectivity index (χ3v) is 7.60. The second-order valence-corrected chi connectivity index (χ2v) is 11.6. The average Bonchev–Trinajstić information content (AvgIpc) is 2.78. The van der Waals surface area contributed by atoms with Crippen LogP contribution in [0.25, 0.3) is 0 Å². The molecular weight excluding hydrogens is 504 g/mol. The number of nitrogens with two attached hydrogens (primary N) is 1. The predicted molar refractivity (Wildman–Crippen MR) is 143 cm³/mol. The van der Waals surface area contributed by atoms with E-state index in [1.165, 1.54) is 27.7 Å². The number of rotatable bonds is 7. The van der Waals surface area contributed by atoms with E-state index >= 15 is 0 Å². The van der Waals surface area contributed by atoms with Crippen LogP contribution in [0.1, 0.15) is 47.5 Å². The molecule has 5 N–H and O–H groups in total. The number of carbonyl (C=O) groups excluding carboxylic acids is 5. The van der Waals surface area contributed by atoms with E-state index in [1.54, 1.807) is 46.8 Å². The Bertz CT molecular complexity index is 846. The highest BCUT2D eigenvalue weighted by Gasteiger charge is 2.31. The van der Waals surface area contributed by atoms with Gasteiger partial charge in [-0.15, -0.1) is 0 Å². The van der Waals surface area contributed by atoms with Crippen LogP contribution in [0.15, 0.2) is 24.3 Å². The first-order chi connectivity index (χ1) is 17.0. The SMILES string of the molecule is C/C=C\C(=O)NC(C(=O)O[C@@H]1/C=C\CCSSCC(C(N)=O)NC(=O)[C@H](C(C)C)NC(=O)C1)C(C)C.